The van der Waals surface area contributed by atoms with Gasteiger partial charge < -0.3 is 10.4 Å². The molecular formula is C13H16ClNO3. The Bertz CT molecular complexity index is 448. The van der Waals surface area contributed by atoms with Crippen molar-refractivity contribution in [2.75, 3.05) is 0 Å². The first-order valence-electron chi connectivity index (χ1n) is 5.68. The molecule has 0 aliphatic heterocycles. The van der Waals surface area contributed by atoms with Crippen molar-refractivity contribution in [3.63, 3.8) is 0 Å². The maximum atomic E-state index is 11.8. The molecule has 2 atom stereocenters. The van der Waals surface area contributed by atoms with Crippen molar-refractivity contribution < 1.29 is 14.7 Å². The molecule has 98 valence electrons. The minimum absolute atomic E-state index is 0.287. The molecule has 18 heavy (non-hydrogen) atoms. The van der Waals surface area contributed by atoms with Crippen LogP contribution in [0.25, 0.3) is 0 Å². The van der Waals surface area contributed by atoms with Gasteiger partial charge >= 0.3 is 5.97 Å². The molecule has 1 unspecified atom stereocenters. The highest BCUT2D eigenvalue weighted by molar-refractivity contribution is 6.31. The summed E-state index contributed by atoms with van der Waals surface area (Å²) in [5.74, 6) is -1.66. The van der Waals surface area contributed by atoms with E-state index in [1.165, 1.54) is 6.92 Å². The number of hydrogen-bond donors (Lipinski definition) is 2. The van der Waals surface area contributed by atoms with E-state index in [0.717, 1.165) is 5.56 Å². The molecule has 1 rings (SSSR count). The molecular weight excluding hydrogens is 254 g/mol. The highest BCUT2D eigenvalue weighted by Gasteiger charge is 2.19. The molecule has 0 heterocycles. The first kappa shape index (κ1) is 14.5. The summed E-state index contributed by atoms with van der Waals surface area (Å²) < 4.78 is 0. The second-order valence-electron chi connectivity index (χ2n) is 4.27. The van der Waals surface area contributed by atoms with E-state index in [2.05, 4.69) is 5.32 Å². The molecule has 0 bridgehead atoms. The fourth-order valence-corrected chi connectivity index (χ4v) is 1.72. The average molecular weight is 270 g/mol. The van der Waals surface area contributed by atoms with Gasteiger partial charge in [0.05, 0.1) is 0 Å². The van der Waals surface area contributed by atoms with E-state index < -0.39 is 12.0 Å². The maximum Gasteiger partial charge on any atom is 0.325 e. The Hall–Kier alpha value is -1.55. The predicted octanol–water partition coefficient (Wildman–Crippen LogP) is 2.11. The number of benzene rings is 1. The van der Waals surface area contributed by atoms with Gasteiger partial charge in [0.2, 0.25) is 5.91 Å². The molecule has 0 saturated carbocycles. The third kappa shape index (κ3) is 4.04. The Morgan fingerprint density at radius 1 is 1.33 bits per heavy atom. The van der Waals surface area contributed by atoms with Crippen molar-refractivity contribution in [3.8, 4) is 0 Å². The summed E-state index contributed by atoms with van der Waals surface area (Å²) in [5.41, 5.74) is 0.879. The van der Waals surface area contributed by atoms with Crippen molar-refractivity contribution >= 4 is 23.5 Å². The number of halogens is 1. The number of amides is 1. The predicted molar refractivity (Wildman–Crippen MR) is 69.6 cm³/mol. The lowest BCUT2D eigenvalue weighted by Crippen LogP contribution is -2.41. The summed E-state index contributed by atoms with van der Waals surface area (Å²) >= 11 is 6.00. The van der Waals surface area contributed by atoms with Crippen LogP contribution in [0.4, 0.5) is 0 Å². The number of carboxylic acids is 1. The minimum Gasteiger partial charge on any atom is -0.480 e. The van der Waals surface area contributed by atoms with Crippen LogP contribution in [0, 0.1) is 5.92 Å². The monoisotopic (exact) mass is 269 g/mol. The molecule has 4 nitrogen and oxygen atoms in total. The van der Waals surface area contributed by atoms with Crippen LogP contribution >= 0.6 is 11.6 Å². The van der Waals surface area contributed by atoms with Crippen LogP contribution in [-0.2, 0) is 16.0 Å². The Labute approximate surface area is 111 Å². The van der Waals surface area contributed by atoms with Crippen LogP contribution in [0.5, 0.6) is 0 Å². The fourth-order valence-electron chi connectivity index (χ4n) is 1.50. The van der Waals surface area contributed by atoms with Crippen LogP contribution in [0.3, 0.4) is 0 Å². The van der Waals surface area contributed by atoms with Gasteiger partial charge in [-0.3, -0.25) is 9.59 Å². The van der Waals surface area contributed by atoms with Crippen molar-refractivity contribution in [3.05, 3.63) is 34.9 Å². The number of nitrogens with one attached hydrogen (secondary N) is 1. The summed E-state index contributed by atoms with van der Waals surface area (Å²) in [7, 11) is 0. The number of carboxylic acid groups (broad SMARTS) is 1. The molecule has 1 aromatic carbocycles. The molecule has 1 amide bonds. The molecule has 1 aromatic rings. The molecule has 0 aliphatic rings. The van der Waals surface area contributed by atoms with Crippen molar-refractivity contribution in [1.29, 1.82) is 0 Å². The van der Waals surface area contributed by atoms with Gasteiger partial charge in [0.25, 0.3) is 0 Å². The van der Waals surface area contributed by atoms with Gasteiger partial charge in [-0.05, 0) is 25.0 Å². The van der Waals surface area contributed by atoms with Gasteiger partial charge in [-0.2, -0.15) is 0 Å². The normalized spacial score (nSPS) is 13.7. The van der Waals surface area contributed by atoms with E-state index in [1.807, 2.05) is 18.2 Å². The smallest absolute Gasteiger partial charge is 0.325 e. The first-order chi connectivity index (χ1) is 8.41. The zero-order valence-corrected chi connectivity index (χ0v) is 11.1. The number of aliphatic carboxylic acids is 1. The van der Waals surface area contributed by atoms with E-state index in [-0.39, 0.29) is 11.8 Å². The third-order valence-corrected chi connectivity index (χ3v) is 3.03. The Kier molecular flexibility index (Phi) is 5.16. The molecule has 0 spiro atoms. The van der Waals surface area contributed by atoms with E-state index >= 15 is 0 Å². The lowest BCUT2D eigenvalue weighted by atomic mass is 10.00. The van der Waals surface area contributed by atoms with E-state index in [0.29, 0.717) is 11.4 Å². The lowest BCUT2D eigenvalue weighted by molar-refractivity contribution is -0.141. The van der Waals surface area contributed by atoms with Gasteiger partial charge in [-0.15, -0.1) is 0 Å². The summed E-state index contributed by atoms with van der Waals surface area (Å²) in [5, 5.41) is 11.8. The van der Waals surface area contributed by atoms with E-state index in [4.69, 9.17) is 16.7 Å². The molecule has 0 fully saturated rings. The molecule has 0 saturated heterocycles. The summed E-state index contributed by atoms with van der Waals surface area (Å²) in [6.45, 7) is 3.18. The largest absolute Gasteiger partial charge is 0.480 e. The molecule has 0 aliphatic carbocycles. The molecule has 2 N–H and O–H groups in total. The van der Waals surface area contributed by atoms with E-state index in [9.17, 15) is 9.59 Å². The highest BCUT2D eigenvalue weighted by atomic mass is 35.5. The SMILES string of the molecule is CC(Cc1ccccc1Cl)C(=O)N[C@H](C)C(=O)O. The molecule has 5 heteroatoms. The van der Waals surface area contributed by atoms with Crippen LogP contribution in [0.2, 0.25) is 5.02 Å². The Balaban J connectivity index is 2.60. The van der Waals surface area contributed by atoms with Gasteiger partial charge in [0.15, 0.2) is 0 Å². The van der Waals surface area contributed by atoms with Gasteiger partial charge in [0.1, 0.15) is 6.04 Å². The van der Waals surface area contributed by atoms with Gasteiger partial charge in [-0.1, -0.05) is 36.7 Å². The standard InChI is InChI=1S/C13H16ClNO3/c1-8(12(16)15-9(2)13(17)18)7-10-5-3-4-6-11(10)14/h3-6,8-9H,7H2,1-2H3,(H,15,16)(H,17,18)/t8?,9-/m1/s1. The van der Waals surface area contributed by atoms with Crippen molar-refractivity contribution in [2.24, 2.45) is 5.92 Å². The minimum atomic E-state index is -1.05. The topological polar surface area (TPSA) is 66.4 Å². The van der Waals surface area contributed by atoms with Crippen molar-refractivity contribution in [2.45, 2.75) is 26.3 Å². The quantitative estimate of drug-likeness (QED) is 0.860. The van der Waals surface area contributed by atoms with E-state index in [1.54, 1.807) is 13.0 Å². The van der Waals surface area contributed by atoms with Gasteiger partial charge in [-0.25, -0.2) is 0 Å². The second-order valence-corrected chi connectivity index (χ2v) is 4.67. The Morgan fingerprint density at radius 2 is 1.94 bits per heavy atom. The summed E-state index contributed by atoms with van der Waals surface area (Å²) in [6.07, 6.45) is 0.484. The van der Waals surface area contributed by atoms with Crippen LogP contribution in [0.1, 0.15) is 19.4 Å². The third-order valence-electron chi connectivity index (χ3n) is 2.66. The zero-order valence-electron chi connectivity index (χ0n) is 10.3. The van der Waals surface area contributed by atoms with Gasteiger partial charge in [0, 0.05) is 10.9 Å². The second kappa shape index (κ2) is 6.40. The number of carbonyl (C=O) groups excluding carboxylic acids is 1. The summed E-state index contributed by atoms with van der Waals surface area (Å²) in [4.78, 5) is 22.4. The summed E-state index contributed by atoms with van der Waals surface area (Å²) in [6, 6.07) is 6.41. The zero-order chi connectivity index (χ0) is 13.7. The number of hydrogen-bond acceptors (Lipinski definition) is 2. The molecule has 0 radical (unpaired) electrons. The Morgan fingerprint density at radius 3 is 2.50 bits per heavy atom. The lowest BCUT2D eigenvalue weighted by Gasteiger charge is -2.15. The van der Waals surface area contributed by atoms with Crippen LogP contribution < -0.4 is 5.32 Å². The highest BCUT2D eigenvalue weighted by Crippen LogP contribution is 2.18. The molecule has 0 aromatic heterocycles. The number of rotatable bonds is 5. The maximum absolute atomic E-state index is 11.8. The number of carbonyl (C=O) groups is 2. The van der Waals surface area contributed by atoms with Crippen LogP contribution in [-0.4, -0.2) is 23.0 Å². The van der Waals surface area contributed by atoms with Crippen LogP contribution in [0.15, 0.2) is 24.3 Å². The first-order valence-corrected chi connectivity index (χ1v) is 6.06. The average Bonchev–Trinajstić information content (AvgIpc) is 2.31. The van der Waals surface area contributed by atoms with Crippen molar-refractivity contribution in [1.82, 2.24) is 5.32 Å². The fraction of sp³-hybridized carbons (Fsp3) is 0.385.